The number of cyclic esters (lactones) is 2. The number of ether oxygens (including phenoxy) is 3. The van der Waals surface area contributed by atoms with Gasteiger partial charge in [0.25, 0.3) is 0 Å². The molecular weight excluding hydrogens is 188 g/mol. The number of esters is 1. The van der Waals surface area contributed by atoms with Gasteiger partial charge in [-0.15, -0.1) is 0 Å². The average Bonchev–Trinajstić information content (AvgIpc) is 2.19. The molecule has 1 aliphatic heterocycles. The lowest BCUT2D eigenvalue weighted by atomic mass is 9.93. The largest absolute Gasteiger partial charge is 0.508 e. The maximum absolute atomic E-state index is 11.4. The fourth-order valence-corrected chi connectivity index (χ4v) is 0.858. The highest BCUT2D eigenvalue weighted by Gasteiger charge is 2.41. The first-order valence-corrected chi connectivity index (χ1v) is 4.01. The third kappa shape index (κ3) is 2.16. The molecule has 5 heteroatoms. The molecule has 0 amide bonds. The minimum Gasteiger partial charge on any atom is -0.433 e. The Bertz CT molecular complexity index is 299. The van der Waals surface area contributed by atoms with Gasteiger partial charge < -0.3 is 14.2 Å². The quantitative estimate of drug-likeness (QED) is 0.458. The predicted molar refractivity (Wildman–Crippen MR) is 44.9 cm³/mol. The van der Waals surface area contributed by atoms with Gasteiger partial charge in [0.15, 0.2) is 0 Å². The molecule has 76 valence electrons. The molecule has 0 saturated carbocycles. The Hall–Kier alpha value is -1.70. The SMILES string of the molecule is CC#COC(=O)C1(C)COC(=O)OC1. The van der Waals surface area contributed by atoms with Crippen LogP contribution in [0.2, 0.25) is 0 Å². The average molecular weight is 198 g/mol. The Kier molecular flexibility index (Phi) is 2.97. The van der Waals surface area contributed by atoms with Crippen LogP contribution in [0.15, 0.2) is 0 Å². The minimum absolute atomic E-state index is 0.0456. The van der Waals surface area contributed by atoms with E-state index >= 15 is 0 Å². The fourth-order valence-electron chi connectivity index (χ4n) is 0.858. The summed E-state index contributed by atoms with van der Waals surface area (Å²) in [7, 11) is 0. The van der Waals surface area contributed by atoms with Crippen LogP contribution in [0.25, 0.3) is 0 Å². The summed E-state index contributed by atoms with van der Waals surface area (Å²) in [5.41, 5.74) is -0.961. The van der Waals surface area contributed by atoms with Crippen molar-refractivity contribution in [1.82, 2.24) is 0 Å². The van der Waals surface area contributed by atoms with Gasteiger partial charge in [-0.25, -0.2) is 4.79 Å². The molecule has 0 aromatic carbocycles. The van der Waals surface area contributed by atoms with Gasteiger partial charge in [0.05, 0.1) is 0 Å². The van der Waals surface area contributed by atoms with Crippen molar-refractivity contribution < 1.29 is 23.8 Å². The first-order chi connectivity index (χ1) is 6.58. The van der Waals surface area contributed by atoms with Gasteiger partial charge in [-0.2, -0.15) is 0 Å². The standard InChI is InChI=1S/C9H10O5/c1-3-4-12-7(10)9(2)5-13-8(11)14-6-9/h5-6H2,1-2H3. The Morgan fingerprint density at radius 2 is 2.07 bits per heavy atom. The van der Waals surface area contributed by atoms with Gasteiger partial charge in [0.1, 0.15) is 24.7 Å². The Balaban J connectivity index is 2.59. The molecule has 1 aliphatic rings. The van der Waals surface area contributed by atoms with Crippen LogP contribution in [-0.4, -0.2) is 25.3 Å². The fraction of sp³-hybridized carbons (Fsp3) is 0.556. The van der Waals surface area contributed by atoms with Crippen molar-refractivity contribution in [1.29, 1.82) is 0 Å². The molecular formula is C9H10O5. The number of hydrogen-bond donors (Lipinski definition) is 0. The van der Waals surface area contributed by atoms with E-state index in [-0.39, 0.29) is 13.2 Å². The van der Waals surface area contributed by atoms with E-state index in [0.717, 1.165) is 0 Å². The van der Waals surface area contributed by atoms with E-state index in [4.69, 9.17) is 0 Å². The van der Waals surface area contributed by atoms with Crippen LogP contribution in [0.1, 0.15) is 13.8 Å². The third-order valence-electron chi connectivity index (χ3n) is 1.76. The predicted octanol–water partition coefficient (Wildman–Crippen LogP) is 0.683. The molecule has 0 bridgehead atoms. The summed E-state index contributed by atoms with van der Waals surface area (Å²) in [6, 6.07) is 0. The monoisotopic (exact) mass is 198 g/mol. The molecule has 1 fully saturated rings. The molecule has 0 aromatic rings. The van der Waals surface area contributed by atoms with Crippen LogP contribution in [0.4, 0.5) is 4.79 Å². The molecule has 14 heavy (non-hydrogen) atoms. The molecule has 0 N–H and O–H groups in total. The minimum atomic E-state index is -0.961. The Morgan fingerprint density at radius 3 is 2.57 bits per heavy atom. The molecule has 0 unspecified atom stereocenters. The summed E-state index contributed by atoms with van der Waals surface area (Å²) in [5.74, 6) is 1.87. The molecule has 0 aliphatic carbocycles. The van der Waals surface area contributed by atoms with Gasteiger partial charge >= 0.3 is 12.1 Å². The van der Waals surface area contributed by atoms with Crippen LogP contribution in [0.3, 0.4) is 0 Å². The van der Waals surface area contributed by atoms with Crippen molar-refractivity contribution in [2.75, 3.05) is 13.2 Å². The zero-order valence-electron chi connectivity index (χ0n) is 7.96. The van der Waals surface area contributed by atoms with E-state index in [1.807, 2.05) is 0 Å². The van der Waals surface area contributed by atoms with Crippen LogP contribution < -0.4 is 0 Å². The zero-order chi connectivity index (χ0) is 10.6. The number of hydrogen-bond acceptors (Lipinski definition) is 5. The topological polar surface area (TPSA) is 61.8 Å². The molecule has 1 heterocycles. The zero-order valence-corrected chi connectivity index (χ0v) is 7.96. The van der Waals surface area contributed by atoms with Gasteiger partial charge in [0, 0.05) is 6.92 Å². The highest BCUT2D eigenvalue weighted by Crippen LogP contribution is 2.23. The van der Waals surface area contributed by atoms with E-state index in [0.29, 0.717) is 0 Å². The molecule has 0 atom stereocenters. The lowest BCUT2D eigenvalue weighted by Gasteiger charge is -2.28. The van der Waals surface area contributed by atoms with Crippen molar-refractivity contribution in [2.24, 2.45) is 5.41 Å². The molecule has 1 saturated heterocycles. The summed E-state index contributed by atoms with van der Waals surface area (Å²) >= 11 is 0. The van der Waals surface area contributed by atoms with Gasteiger partial charge in [0.2, 0.25) is 0 Å². The second kappa shape index (κ2) is 4.01. The Labute approximate surface area is 81.3 Å². The smallest absolute Gasteiger partial charge is 0.433 e. The maximum atomic E-state index is 11.4. The number of carbonyl (C=O) groups excluding carboxylic acids is 2. The Morgan fingerprint density at radius 1 is 1.50 bits per heavy atom. The molecule has 0 radical (unpaired) electrons. The molecule has 1 rings (SSSR count). The van der Waals surface area contributed by atoms with Crippen LogP contribution in [0.5, 0.6) is 0 Å². The van der Waals surface area contributed by atoms with E-state index in [9.17, 15) is 9.59 Å². The van der Waals surface area contributed by atoms with Gasteiger partial charge in [-0.05, 0) is 6.92 Å². The first-order valence-electron chi connectivity index (χ1n) is 4.01. The van der Waals surface area contributed by atoms with Crippen LogP contribution in [-0.2, 0) is 19.0 Å². The molecule has 0 aromatic heterocycles. The van der Waals surface area contributed by atoms with Crippen molar-refractivity contribution in [3.8, 4) is 12.0 Å². The summed E-state index contributed by atoms with van der Waals surface area (Å²) in [6.45, 7) is 3.04. The van der Waals surface area contributed by atoms with E-state index in [1.54, 1.807) is 13.8 Å². The lowest BCUT2D eigenvalue weighted by Crippen LogP contribution is -2.43. The normalized spacial score (nSPS) is 18.3. The second-order valence-corrected chi connectivity index (χ2v) is 3.13. The summed E-state index contributed by atoms with van der Waals surface area (Å²) < 4.78 is 13.8. The lowest BCUT2D eigenvalue weighted by molar-refractivity contribution is -0.158. The summed E-state index contributed by atoms with van der Waals surface area (Å²) in [5, 5.41) is 0. The van der Waals surface area contributed by atoms with Crippen LogP contribution >= 0.6 is 0 Å². The molecule has 5 nitrogen and oxygen atoms in total. The van der Waals surface area contributed by atoms with Crippen molar-refractivity contribution in [2.45, 2.75) is 13.8 Å². The van der Waals surface area contributed by atoms with Crippen molar-refractivity contribution >= 4 is 12.1 Å². The van der Waals surface area contributed by atoms with E-state index in [2.05, 4.69) is 26.2 Å². The number of rotatable bonds is 1. The van der Waals surface area contributed by atoms with E-state index in [1.165, 1.54) is 0 Å². The highest BCUT2D eigenvalue weighted by atomic mass is 16.7. The van der Waals surface area contributed by atoms with Gasteiger partial charge in [-0.3, -0.25) is 4.79 Å². The van der Waals surface area contributed by atoms with Crippen LogP contribution in [0, 0.1) is 17.4 Å². The second-order valence-electron chi connectivity index (χ2n) is 3.13. The summed E-state index contributed by atoms with van der Waals surface area (Å²) in [4.78, 5) is 22.0. The van der Waals surface area contributed by atoms with Crippen molar-refractivity contribution in [3.63, 3.8) is 0 Å². The van der Waals surface area contributed by atoms with Gasteiger partial charge in [-0.1, -0.05) is 5.92 Å². The van der Waals surface area contributed by atoms with E-state index < -0.39 is 17.5 Å². The highest BCUT2D eigenvalue weighted by molar-refractivity contribution is 5.79. The summed E-state index contributed by atoms with van der Waals surface area (Å²) in [6.07, 6.45) is 1.42. The maximum Gasteiger partial charge on any atom is 0.508 e. The molecule has 0 spiro atoms. The third-order valence-corrected chi connectivity index (χ3v) is 1.76. The first kappa shape index (κ1) is 10.4. The number of carbonyl (C=O) groups is 2. The van der Waals surface area contributed by atoms with Crippen molar-refractivity contribution in [3.05, 3.63) is 0 Å².